The number of rotatable bonds is 12. The highest BCUT2D eigenvalue weighted by Gasteiger charge is 2.26. The monoisotopic (exact) mass is 665 g/mol. The Bertz CT molecular complexity index is 1780. The van der Waals surface area contributed by atoms with E-state index in [1.165, 1.54) is 16.9 Å². The van der Waals surface area contributed by atoms with Crippen molar-refractivity contribution in [3.05, 3.63) is 100 Å². The number of amides is 1. The highest BCUT2D eigenvalue weighted by Crippen LogP contribution is 2.20. The lowest BCUT2D eigenvalue weighted by atomic mass is 10.1. The van der Waals surface area contributed by atoms with Crippen LogP contribution in [0.1, 0.15) is 35.1 Å². The first kappa shape index (κ1) is 33.2. The van der Waals surface area contributed by atoms with Gasteiger partial charge >= 0.3 is 0 Å². The Hall–Kier alpha value is -4.17. The third-order valence-electron chi connectivity index (χ3n) is 7.45. The van der Waals surface area contributed by atoms with Crippen LogP contribution in [0.2, 0.25) is 5.02 Å². The molecule has 1 aliphatic heterocycles. The van der Waals surface area contributed by atoms with E-state index >= 15 is 0 Å². The molecule has 1 saturated heterocycles. The molecule has 14 heteroatoms. The van der Waals surface area contributed by atoms with Crippen molar-refractivity contribution in [1.82, 2.24) is 35.0 Å². The van der Waals surface area contributed by atoms with Crippen molar-refractivity contribution in [2.24, 2.45) is 0 Å². The molecule has 1 unspecified atom stereocenters. The number of carbonyl (C=O) groups is 1. The summed E-state index contributed by atoms with van der Waals surface area (Å²) < 4.78 is 35.3. The van der Waals surface area contributed by atoms with Crippen molar-refractivity contribution in [2.45, 2.75) is 44.8 Å². The molecule has 2 aromatic heterocycles. The number of ether oxygens (including phenoxy) is 1. The van der Waals surface area contributed by atoms with Crippen molar-refractivity contribution in [1.29, 1.82) is 0 Å². The first-order valence-electron chi connectivity index (χ1n) is 14.8. The number of tetrazole rings is 1. The Morgan fingerprint density at radius 3 is 2.54 bits per heavy atom. The molecule has 1 amide bonds. The van der Waals surface area contributed by atoms with Gasteiger partial charge in [-0.15, -0.1) is 10.2 Å². The molecule has 12 nitrogen and oxygen atoms in total. The second kappa shape index (κ2) is 14.9. The third-order valence-corrected chi connectivity index (χ3v) is 9.01. The second-order valence-corrected chi connectivity index (χ2v) is 13.1. The van der Waals surface area contributed by atoms with Gasteiger partial charge in [0.05, 0.1) is 23.3 Å². The molecule has 0 N–H and O–H groups in total. The fraction of sp³-hybridized carbons (Fsp3) is 0.344. The van der Waals surface area contributed by atoms with Crippen LogP contribution in [0.15, 0.2) is 71.8 Å². The standard InChI is InChI=1S/C32H36ClN7O5S/c1-23-4-11-31(12-5-23)46(42,43)45-17-16-44-30-10-9-29(34-19-30)22-38-14-15-39(24(2)20-38)32(41)13-7-26-6-8-28(33)18-27(26)21-40-36-25(3)35-37-40/h4-13,18-19,24H,14-17,20-22H2,1-3H3. The minimum Gasteiger partial charge on any atom is -0.490 e. The Balaban J connectivity index is 1.07. The Kier molecular flexibility index (Phi) is 10.8. The smallest absolute Gasteiger partial charge is 0.297 e. The summed E-state index contributed by atoms with van der Waals surface area (Å²) in [6.45, 7) is 8.66. The maximum atomic E-state index is 13.2. The molecule has 46 heavy (non-hydrogen) atoms. The van der Waals surface area contributed by atoms with E-state index in [-0.39, 0.29) is 30.1 Å². The molecule has 0 spiro atoms. The van der Waals surface area contributed by atoms with Crippen LogP contribution in [0.5, 0.6) is 5.75 Å². The third kappa shape index (κ3) is 8.97. The van der Waals surface area contributed by atoms with E-state index in [1.807, 2.05) is 36.9 Å². The van der Waals surface area contributed by atoms with E-state index in [0.717, 1.165) is 22.4 Å². The molecule has 1 atom stereocenters. The highest BCUT2D eigenvalue weighted by molar-refractivity contribution is 7.86. The Morgan fingerprint density at radius 2 is 1.85 bits per heavy atom. The maximum absolute atomic E-state index is 13.2. The molecular formula is C32H36ClN7O5S. The van der Waals surface area contributed by atoms with Gasteiger partial charge in [0.2, 0.25) is 5.91 Å². The van der Waals surface area contributed by atoms with Crippen LogP contribution in [0.3, 0.4) is 0 Å². The molecule has 0 saturated carbocycles. The molecular weight excluding hydrogens is 630 g/mol. The van der Waals surface area contributed by atoms with Crippen LogP contribution in [-0.4, -0.2) is 88.2 Å². The Labute approximate surface area is 273 Å². The van der Waals surface area contributed by atoms with Crippen LogP contribution < -0.4 is 4.74 Å². The first-order valence-corrected chi connectivity index (χ1v) is 16.6. The zero-order valence-corrected chi connectivity index (χ0v) is 27.5. The lowest BCUT2D eigenvalue weighted by molar-refractivity contribution is -0.130. The molecule has 4 aromatic rings. The SMILES string of the molecule is Cc1ccc(S(=O)(=O)OCCOc2ccc(CN3CCN(C(=O)C=Cc4ccc(Cl)cc4Cn4nnc(C)n4)C(C)C3)nc2)cc1. The predicted molar refractivity (Wildman–Crippen MR) is 173 cm³/mol. The number of hydrogen-bond acceptors (Lipinski definition) is 10. The average Bonchev–Trinajstić information content (AvgIpc) is 3.44. The minimum atomic E-state index is -3.84. The summed E-state index contributed by atoms with van der Waals surface area (Å²) in [5.74, 6) is 1.04. The van der Waals surface area contributed by atoms with E-state index in [1.54, 1.807) is 49.5 Å². The number of aryl methyl sites for hydroxylation is 2. The van der Waals surface area contributed by atoms with Crippen LogP contribution >= 0.6 is 11.6 Å². The molecule has 3 heterocycles. The van der Waals surface area contributed by atoms with Crippen LogP contribution in [0.4, 0.5) is 0 Å². The van der Waals surface area contributed by atoms with E-state index in [9.17, 15) is 13.2 Å². The van der Waals surface area contributed by atoms with E-state index in [2.05, 4.69) is 25.3 Å². The molecule has 1 aliphatic rings. The van der Waals surface area contributed by atoms with E-state index in [0.29, 0.717) is 49.3 Å². The van der Waals surface area contributed by atoms with Crippen LogP contribution in [0.25, 0.3) is 6.08 Å². The summed E-state index contributed by atoms with van der Waals surface area (Å²) in [6.07, 6.45) is 5.02. The van der Waals surface area contributed by atoms with E-state index in [4.69, 9.17) is 20.5 Å². The summed E-state index contributed by atoms with van der Waals surface area (Å²) in [6, 6.07) is 15.7. The molecule has 2 aromatic carbocycles. The summed E-state index contributed by atoms with van der Waals surface area (Å²) in [5.41, 5.74) is 3.57. The van der Waals surface area contributed by atoms with E-state index < -0.39 is 10.1 Å². The van der Waals surface area contributed by atoms with Gasteiger partial charge in [-0.25, -0.2) is 0 Å². The van der Waals surface area contributed by atoms with Crippen LogP contribution in [0, 0.1) is 13.8 Å². The van der Waals surface area contributed by atoms with Gasteiger partial charge in [0.1, 0.15) is 19.0 Å². The number of hydrogen-bond donors (Lipinski definition) is 0. The molecule has 0 radical (unpaired) electrons. The number of aromatic nitrogens is 5. The lowest BCUT2D eigenvalue weighted by Gasteiger charge is -2.39. The summed E-state index contributed by atoms with van der Waals surface area (Å²) in [7, 11) is -3.84. The largest absolute Gasteiger partial charge is 0.490 e. The Morgan fingerprint density at radius 1 is 1.04 bits per heavy atom. The van der Waals surface area contributed by atoms with Gasteiger partial charge in [-0.3, -0.25) is 18.9 Å². The van der Waals surface area contributed by atoms with Crippen molar-refractivity contribution >= 4 is 33.7 Å². The molecule has 242 valence electrons. The first-order chi connectivity index (χ1) is 22.1. The van der Waals surface area contributed by atoms with Crippen molar-refractivity contribution in [3.63, 3.8) is 0 Å². The van der Waals surface area contributed by atoms with Gasteiger partial charge in [-0.2, -0.15) is 13.2 Å². The number of piperazine rings is 1. The number of benzene rings is 2. The fourth-order valence-corrected chi connectivity index (χ4v) is 6.16. The highest BCUT2D eigenvalue weighted by atomic mass is 35.5. The van der Waals surface area contributed by atoms with Gasteiger partial charge in [-0.1, -0.05) is 35.4 Å². The number of carbonyl (C=O) groups excluding carboxylic acids is 1. The maximum Gasteiger partial charge on any atom is 0.297 e. The van der Waals surface area contributed by atoms with Crippen LogP contribution in [-0.2, 0) is 32.2 Å². The zero-order chi connectivity index (χ0) is 32.7. The second-order valence-electron chi connectivity index (χ2n) is 11.1. The lowest BCUT2D eigenvalue weighted by Crippen LogP contribution is -2.53. The minimum absolute atomic E-state index is 0.0108. The number of nitrogens with zero attached hydrogens (tertiary/aromatic N) is 7. The fourth-order valence-electron chi connectivity index (χ4n) is 5.07. The van der Waals surface area contributed by atoms with Gasteiger partial charge in [-0.05, 0) is 79.6 Å². The summed E-state index contributed by atoms with van der Waals surface area (Å²) in [4.78, 5) is 23.4. The number of pyridine rings is 1. The molecule has 1 fully saturated rings. The van der Waals surface area contributed by atoms with Crippen molar-refractivity contribution in [3.8, 4) is 5.75 Å². The molecule has 0 aliphatic carbocycles. The van der Waals surface area contributed by atoms with Gasteiger partial charge < -0.3 is 9.64 Å². The normalized spacial score (nSPS) is 15.8. The zero-order valence-electron chi connectivity index (χ0n) is 25.9. The summed E-state index contributed by atoms with van der Waals surface area (Å²) >= 11 is 6.23. The predicted octanol–water partition coefficient (Wildman–Crippen LogP) is 3.92. The molecule has 0 bridgehead atoms. The van der Waals surface area contributed by atoms with Gasteiger partial charge in [0.25, 0.3) is 10.1 Å². The van der Waals surface area contributed by atoms with Crippen molar-refractivity contribution in [2.75, 3.05) is 32.8 Å². The quantitative estimate of drug-likeness (QED) is 0.125. The number of halogens is 1. The topological polar surface area (TPSA) is 133 Å². The summed E-state index contributed by atoms with van der Waals surface area (Å²) in [5, 5.41) is 12.8. The van der Waals surface area contributed by atoms with Gasteiger partial charge in [0, 0.05) is 43.3 Å². The van der Waals surface area contributed by atoms with Crippen molar-refractivity contribution < 1.29 is 22.1 Å². The average molecular weight is 666 g/mol. The van der Waals surface area contributed by atoms with Gasteiger partial charge in [0.15, 0.2) is 5.82 Å². The molecule has 5 rings (SSSR count).